The summed E-state index contributed by atoms with van der Waals surface area (Å²) in [4.78, 5) is 27.4. The van der Waals surface area contributed by atoms with Crippen molar-refractivity contribution in [2.75, 3.05) is 48.8 Å². The standard InChI is InChI=1S/C33H33N7O3/c1-22-7-6-8-23(2)30(22)37-31(41)27-21-34-33(36-24-11-13-25(14-12-24)40-19-17-39(3)18-20-40)38-32(27)42-28-10-5-4-9-26(28)29-15-16-35-43-29/h4-16,21H,17-20H2,1-3H3,(H,37,41)(H,34,36,38). The van der Waals surface area contributed by atoms with Gasteiger partial charge in [-0.05, 0) is 68.4 Å². The van der Waals surface area contributed by atoms with E-state index in [0.29, 0.717) is 23.0 Å². The van der Waals surface area contributed by atoms with Gasteiger partial charge in [0.25, 0.3) is 5.91 Å². The predicted molar refractivity (Wildman–Crippen MR) is 167 cm³/mol. The van der Waals surface area contributed by atoms with Gasteiger partial charge < -0.3 is 29.7 Å². The molecule has 3 heterocycles. The maximum absolute atomic E-state index is 13.6. The molecule has 0 radical (unpaired) electrons. The third kappa shape index (κ3) is 6.34. The Balaban J connectivity index is 1.30. The smallest absolute Gasteiger partial charge is 0.262 e. The van der Waals surface area contributed by atoms with Crippen LogP contribution in [-0.2, 0) is 0 Å². The van der Waals surface area contributed by atoms with E-state index in [-0.39, 0.29) is 17.4 Å². The lowest BCUT2D eigenvalue weighted by Gasteiger charge is -2.34. The fraction of sp³-hybridized carbons (Fsp3) is 0.212. The lowest BCUT2D eigenvalue weighted by atomic mass is 10.1. The number of aryl methyl sites for hydroxylation is 2. The van der Waals surface area contributed by atoms with Crippen LogP contribution < -0.4 is 20.3 Å². The molecule has 1 saturated heterocycles. The molecule has 3 aromatic carbocycles. The molecule has 0 spiro atoms. The SMILES string of the molecule is Cc1cccc(C)c1NC(=O)c1cnc(Nc2ccc(N3CCN(C)CC3)cc2)nc1Oc1ccccc1-c1ccno1. The summed E-state index contributed by atoms with van der Waals surface area (Å²) in [5.74, 6) is 1.00. The normalized spacial score (nSPS) is 13.5. The van der Waals surface area contributed by atoms with E-state index in [1.165, 1.54) is 11.9 Å². The van der Waals surface area contributed by atoms with Gasteiger partial charge in [-0.15, -0.1) is 0 Å². The molecule has 1 amide bonds. The van der Waals surface area contributed by atoms with Gasteiger partial charge >= 0.3 is 0 Å². The molecule has 10 heteroatoms. The van der Waals surface area contributed by atoms with Crippen LogP contribution in [0.1, 0.15) is 21.5 Å². The lowest BCUT2D eigenvalue weighted by Crippen LogP contribution is -2.44. The molecular formula is C33H33N7O3. The largest absolute Gasteiger partial charge is 0.437 e. The second-order valence-electron chi connectivity index (χ2n) is 10.6. The highest BCUT2D eigenvalue weighted by molar-refractivity contribution is 6.06. The number of nitrogens with one attached hydrogen (secondary N) is 2. The maximum atomic E-state index is 13.6. The number of piperazine rings is 1. The van der Waals surface area contributed by atoms with Crippen molar-refractivity contribution < 1.29 is 14.1 Å². The van der Waals surface area contributed by atoms with Crippen LogP contribution >= 0.6 is 0 Å². The number of carbonyl (C=O) groups is 1. The molecule has 10 nitrogen and oxygen atoms in total. The highest BCUT2D eigenvalue weighted by Crippen LogP contribution is 2.34. The third-order valence-electron chi connectivity index (χ3n) is 7.51. The summed E-state index contributed by atoms with van der Waals surface area (Å²) in [6, 6.07) is 23.1. The summed E-state index contributed by atoms with van der Waals surface area (Å²) in [7, 11) is 2.15. The van der Waals surface area contributed by atoms with E-state index in [1.54, 1.807) is 18.3 Å². The van der Waals surface area contributed by atoms with Crippen LogP contribution in [0, 0.1) is 13.8 Å². The molecule has 2 aromatic heterocycles. The fourth-order valence-corrected chi connectivity index (χ4v) is 5.02. The molecule has 0 atom stereocenters. The van der Waals surface area contributed by atoms with E-state index in [4.69, 9.17) is 9.26 Å². The van der Waals surface area contributed by atoms with Gasteiger partial charge in [0.1, 0.15) is 11.3 Å². The van der Waals surface area contributed by atoms with E-state index in [0.717, 1.165) is 48.7 Å². The van der Waals surface area contributed by atoms with Crippen molar-refractivity contribution in [3.63, 3.8) is 0 Å². The van der Waals surface area contributed by atoms with E-state index < -0.39 is 0 Å². The van der Waals surface area contributed by atoms with E-state index in [9.17, 15) is 4.79 Å². The lowest BCUT2D eigenvalue weighted by molar-refractivity contribution is 0.102. The summed E-state index contributed by atoms with van der Waals surface area (Å²) in [5.41, 5.74) is 5.49. The Kier molecular flexibility index (Phi) is 8.01. The minimum atomic E-state index is -0.382. The molecule has 5 aromatic rings. The molecule has 1 fully saturated rings. The maximum Gasteiger partial charge on any atom is 0.262 e. The van der Waals surface area contributed by atoms with Gasteiger partial charge in [-0.3, -0.25) is 4.79 Å². The number of anilines is 4. The number of likely N-dealkylation sites (N-methyl/N-ethyl adjacent to an activating group) is 1. The van der Waals surface area contributed by atoms with Gasteiger partial charge in [-0.1, -0.05) is 35.5 Å². The highest BCUT2D eigenvalue weighted by Gasteiger charge is 2.21. The van der Waals surface area contributed by atoms with Crippen LogP contribution in [0.5, 0.6) is 11.6 Å². The van der Waals surface area contributed by atoms with Gasteiger partial charge in [0.15, 0.2) is 5.76 Å². The first kappa shape index (κ1) is 27.9. The van der Waals surface area contributed by atoms with E-state index >= 15 is 0 Å². The molecule has 1 aliphatic rings. The molecule has 0 bridgehead atoms. The van der Waals surface area contributed by atoms with Crippen LogP contribution in [0.15, 0.2) is 89.7 Å². The Hall–Kier alpha value is -5.22. The van der Waals surface area contributed by atoms with Gasteiger partial charge in [-0.25, -0.2) is 4.98 Å². The Bertz CT molecular complexity index is 1690. The van der Waals surface area contributed by atoms with Crippen LogP contribution in [-0.4, -0.2) is 59.2 Å². The number of para-hydroxylation sites is 2. The first-order chi connectivity index (χ1) is 20.9. The minimum Gasteiger partial charge on any atom is -0.437 e. The van der Waals surface area contributed by atoms with Crippen molar-refractivity contribution in [1.29, 1.82) is 0 Å². The fourth-order valence-electron chi connectivity index (χ4n) is 5.02. The molecule has 0 aliphatic carbocycles. The van der Waals surface area contributed by atoms with Crippen molar-refractivity contribution in [2.24, 2.45) is 0 Å². The highest BCUT2D eigenvalue weighted by atomic mass is 16.5. The number of rotatable bonds is 8. The average molecular weight is 576 g/mol. The zero-order valence-electron chi connectivity index (χ0n) is 24.4. The molecule has 1 aliphatic heterocycles. The van der Waals surface area contributed by atoms with E-state index in [1.807, 2.05) is 62.4 Å². The molecule has 218 valence electrons. The topological polar surface area (TPSA) is 109 Å². The number of benzene rings is 3. The third-order valence-corrected chi connectivity index (χ3v) is 7.51. The van der Waals surface area contributed by atoms with Crippen molar-refractivity contribution >= 4 is 28.9 Å². The van der Waals surface area contributed by atoms with Crippen LogP contribution in [0.25, 0.3) is 11.3 Å². The second kappa shape index (κ2) is 12.3. The number of ether oxygens (including phenoxy) is 1. The summed E-state index contributed by atoms with van der Waals surface area (Å²) in [6.45, 7) is 7.97. The molecule has 2 N–H and O–H groups in total. The second-order valence-corrected chi connectivity index (χ2v) is 10.6. The Morgan fingerprint density at radius 1 is 0.907 bits per heavy atom. The number of carbonyl (C=O) groups excluding carboxylic acids is 1. The van der Waals surface area contributed by atoms with Crippen molar-refractivity contribution in [3.8, 4) is 23.0 Å². The monoisotopic (exact) mass is 575 g/mol. The zero-order valence-corrected chi connectivity index (χ0v) is 24.4. The average Bonchev–Trinajstić information content (AvgIpc) is 3.55. The predicted octanol–water partition coefficient (Wildman–Crippen LogP) is 6.29. The van der Waals surface area contributed by atoms with E-state index in [2.05, 4.69) is 54.7 Å². The van der Waals surface area contributed by atoms with Crippen molar-refractivity contribution in [2.45, 2.75) is 13.8 Å². The summed E-state index contributed by atoms with van der Waals surface area (Å²) < 4.78 is 11.7. The Labute approximate surface area is 250 Å². The number of aromatic nitrogens is 3. The molecule has 0 saturated carbocycles. The Morgan fingerprint density at radius 2 is 1.65 bits per heavy atom. The molecule has 0 unspecified atom stereocenters. The van der Waals surface area contributed by atoms with Crippen molar-refractivity contribution in [1.82, 2.24) is 20.0 Å². The minimum absolute atomic E-state index is 0.0993. The summed E-state index contributed by atoms with van der Waals surface area (Å²) in [5, 5.41) is 10.1. The van der Waals surface area contributed by atoms with Crippen molar-refractivity contribution in [3.05, 3.63) is 102 Å². The van der Waals surface area contributed by atoms with Crippen LogP contribution in [0.3, 0.4) is 0 Å². The number of hydrogen-bond acceptors (Lipinski definition) is 9. The van der Waals surface area contributed by atoms with Gasteiger partial charge in [-0.2, -0.15) is 4.98 Å². The zero-order chi connectivity index (χ0) is 29.8. The molecular weight excluding hydrogens is 542 g/mol. The van der Waals surface area contributed by atoms with Gasteiger partial charge in [0.2, 0.25) is 11.8 Å². The Morgan fingerprint density at radius 3 is 2.37 bits per heavy atom. The molecule has 6 rings (SSSR count). The first-order valence-electron chi connectivity index (χ1n) is 14.2. The van der Waals surface area contributed by atoms with Gasteiger partial charge in [0, 0.05) is 55.5 Å². The number of hydrogen-bond donors (Lipinski definition) is 2. The molecule has 43 heavy (non-hydrogen) atoms. The quantitative estimate of drug-likeness (QED) is 0.221. The summed E-state index contributed by atoms with van der Waals surface area (Å²) in [6.07, 6.45) is 3.04. The first-order valence-corrected chi connectivity index (χ1v) is 14.2. The van der Waals surface area contributed by atoms with Crippen LogP contribution in [0.4, 0.5) is 23.0 Å². The number of amides is 1. The summed E-state index contributed by atoms with van der Waals surface area (Å²) >= 11 is 0. The number of nitrogens with zero attached hydrogens (tertiary/aromatic N) is 5. The van der Waals surface area contributed by atoms with Gasteiger partial charge in [0.05, 0.1) is 11.8 Å². The van der Waals surface area contributed by atoms with Crippen LogP contribution in [0.2, 0.25) is 0 Å².